The Morgan fingerprint density at radius 1 is 0.857 bits per heavy atom. The average Bonchev–Trinajstić information content (AvgIpc) is 3.67. The third kappa shape index (κ3) is 4.63. The zero-order valence-corrected chi connectivity index (χ0v) is 21.5. The maximum absolute atomic E-state index is 11.8. The van der Waals surface area contributed by atoms with E-state index in [1.54, 1.807) is 12.1 Å². The van der Waals surface area contributed by atoms with Crippen molar-refractivity contribution in [3.8, 4) is 11.4 Å². The summed E-state index contributed by atoms with van der Waals surface area (Å²) < 4.78 is 25.7. The number of imidazole rings is 1. The number of pyridine rings is 1. The molecule has 3 aliphatic rings. The largest absolute Gasteiger partial charge is 0.327 e. The Kier molecular flexibility index (Phi) is 5.93. The van der Waals surface area contributed by atoms with Gasteiger partial charge < -0.3 is 14.4 Å². The highest BCUT2D eigenvalue weighted by Gasteiger charge is 2.34. The number of aromatic nitrogens is 3. The molecule has 3 fully saturated rings. The maximum atomic E-state index is 11.8. The Hall–Kier alpha value is -2.29. The van der Waals surface area contributed by atoms with Crippen molar-refractivity contribution < 1.29 is 8.42 Å². The van der Waals surface area contributed by atoms with E-state index in [4.69, 9.17) is 9.97 Å². The Morgan fingerprint density at radius 3 is 2.06 bits per heavy atom. The van der Waals surface area contributed by atoms with Gasteiger partial charge in [0.1, 0.15) is 11.3 Å². The van der Waals surface area contributed by atoms with Crippen molar-refractivity contribution in [2.45, 2.75) is 61.4 Å². The molecule has 0 radical (unpaired) electrons. The summed E-state index contributed by atoms with van der Waals surface area (Å²) >= 11 is 0. The summed E-state index contributed by atoms with van der Waals surface area (Å²) in [5.74, 6) is 1.32. The lowest BCUT2D eigenvalue weighted by molar-refractivity contribution is 0.0840. The fraction of sp³-hybridized carbons (Fsp3) is 0.556. The molecular formula is C27H35N5O2S. The predicted molar refractivity (Wildman–Crippen MR) is 138 cm³/mol. The molecule has 1 aliphatic carbocycles. The van der Waals surface area contributed by atoms with Crippen molar-refractivity contribution in [2.24, 2.45) is 7.05 Å². The van der Waals surface area contributed by atoms with Crippen molar-refractivity contribution in [1.82, 2.24) is 24.3 Å². The quantitative estimate of drug-likeness (QED) is 0.538. The molecule has 2 aromatic heterocycles. The van der Waals surface area contributed by atoms with Gasteiger partial charge in [0.05, 0.1) is 16.6 Å². The number of fused-ring (bicyclic) bond motifs is 1. The van der Waals surface area contributed by atoms with Crippen molar-refractivity contribution in [3.05, 3.63) is 42.2 Å². The minimum absolute atomic E-state index is 0.323. The fourth-order valence-electron chi connectivity index (χ4n) is 6.06. The van der Waals surface area contributed by atoms with Crippen LogP contribution >= 0.6 is 0 Å². The molecule has 35 heavy (non-hydrogen) atoms. The van der Waals surface area contributed by atoms with Crippen LogP contribution in [0.2, 0.25) is 0 Å². The number of likely N-dealkylation sites (tertiary alicyclic amines) is 2. The summed E-state index contributed by atoms with van der Waals surface area (Å²) in [7, 11) is -1.19. The van der Waals surface area contributed by atoms with E-state index < -0.39 is 9.84 Å². The van der Waals surface area contributed by atoms with E-state index in [9.17, 15) is 8.42 Å². The summed E-state index contributed by atoms with van der Waals surface area (Å²) in [5.41, 5.74) is 4.02. The second kappa shape index (κ2) is 8.98. The zero-order chi connectivity index (χ0) is 24.2. The maximum Gasteiger partial charge on any atom is 0.175 e. The van der Waals surface area contributed by atoms with E-state index in [1.807, 2.05) is 25.4 Å². The van der Waals surface area contributed by atoms with Gasteiger partial charge in [-0.25, -0.2) is 13.4 Å². The molecule has 0 spiro atoms. The number of benzene rings is 1. The molecule has 2 aliphatic heterocycles. The number of nitrogens with zero attached hydrogens (tertiary/aromatic N) is 5. The van der Waals surface area contributed by atoms with Gasteiger partial charge in [-0.3, -0.25) is 4.98 Å². The lowest BCUT2D eigenvalue weighted by Crippen LogP contribution is -2.48. The second-order valence-electron chi connectivity index (χ2n) is 10.7. The molecule has 0 unspecified atom stereocenters. The minimum Gasteiger partial charge on any atom is -0.327 e. The number of piperidine rings is 2. The molecule has 0 amide bonds. The van der Waals surface area contributed by atoms with Crippen LogP contribution in [0.4, 0.5) is 0 Å². The summed E-state index contributed by atoms with van der Waals surface area (Å²) in [6, 6.07) is 10.8. The van der Waals surface area contributed by atoms with Gasteiger partial charge in [-0.05, 0) is 95.0 Å². The second-order valence-corrected chi connectivity index (χ2v) is 12.7. The number of hydrogen-bond acceptors (Lipinski definition) is 6. The third-order valence-corrected chi connectivity index (χ3v) is 9.48. The molecule has 0 bridgehead atoms. The highest BCUT2D eigenvalue weighted by Crippen LogP contribution is 2.34. The first-order chi connectivity index (χ1) is 16.9. The molecule has 1 saturated carbocycles. The Balaban J connectivity index is 1.14. The third-order valence-electron chi connectivity index (χ3n) is 8.36. The van der Waals surface area contributed by atoms with Crippen LogP contribution in [0.25, 0.3) is 22.4 Å². The lowest BCUT2D eigenvalue weighted by Gasteiger charge is -2.41. The summed E-state index contributed by atoms with van der Waals surface area (Å²) in [5, 5.41) is 0. The van der Waals surface area contributed by atoms with Crippen LogP contribution in [0, 0.1) is 0 Å². The van der Waals surface area contributed by atoms with Crippen LogP contribution in [0.3, 0.4) is 0 Å². The van der Waals surface area contributed by atoms with Gasteiger partial charge in [-0.15, -0.1) is 0 Å². The van der Waals surface area contributed by atoms with Gasteiger partial charge >= 0.3 is 0 Å². The molecule has 8 heteroatoms. The first-order valence-electron chi connectivity index (χ1n) is 13.0. The van der Waals surface area contributed by atoms with E-state index in [0.717, 1.165) is 34.5 Å². The van der Waals surface area contributed by atoms with Crippen LogP contribution < -0.4 is 0 Å². The molecule has 0 N–H and O–H groups in total. The molecule has 0 atom stereocenters. The minimum atomic E-state index is -3.21. The van der Waals surface area contributed by atoms with E-state index in [2.05, 4.69) is 20.4 Å². The van der Waals surface area contributed by atoms with Crippen LogP contribution in [-0.4, -0.2) is 77.3 Å². The van der Waals surface area contributed by atoms with E-state index in [0.29, 0.717) is 10.8 Å². The first kappa shape index (κ1) is 23.1. The SMILES string of the molecule is Cn1c(-c2ccc(S(C)(=O)=O)cc2)nc2cnc(C3CCN(C4CCN(C5CC5)CC4)CC3)cc21. The Labute approximate surface area is 208 Å². The summed E-state index contributed by atoms with van der Waals surface area (Å²) in [6.45, 7) is 4.91. The predicted octanol–water partition coefficient (Wildman–Crippen LogP) is 3.85. The topological polar surface area (TPSA) is 71.3 Å². The normalized spacial score (nSPS) is 21.7. The van der Waals surface area contributed by atoms with Crippen LogP contribution in [0.1, 0.15) is 50.1 Å². The number of hydrogen-bond donors (Lipinski definition) is 0. The molecule has 6 rings (SSSR count). The molecule has 186 valence electrons. The van der Waals surface area contributed by atoms with Gasteiger partial charge in [0.25, 0.3) is 0 Å². The van der Waals surface area contributed by atoms with Gasteiger partial charge in [-0.2, -0.15) is 0 Å². The summed E-state index contributed by atoms with van der Waals surface area (Å²) in [6.07, 6.45) is 11.0. The van der Waals surface area contributed by atoms with Gasteiger partial charge in [0.15, 0.2) is 9.84 Å². The molecule has 1 aromatic carbocycles. The van der Waals surface area contributed by atoms with Crippen molar-refractivity contribution in [1.29, 1.82) is 0 Å². The Morgan fingerprint density at radius 2 is 1.46 bits per heavy atom. The van der Waals surface area contributed by atoms with Crippen LogP contribution in [0.5, 0.6) is 0 Å². The molecular weight excluding hydrogens is 458 g/mol. The first-order valence-corrected chi connectivity index (χ1v) is 14.9. The highest BCUT2D eigenvalue weighted by atomic mass is 32.2. The average molecular weight is 494 g/mol. The van der Waals surface area contributed by atoms with Gasteiger partial charge in [0.2, 0.25) is 0 Å². The Bertz CT molecular complexity index is 1310. The van der Waals surface area contributed by atoms with Crippen molar-refractivity contribution >= 4 is 20.9 Å². The molecule has 7 nitrogen and oxygen atoms in total. The van der Waals surface area contributed by atoms with E-state index in [1.165, 1.54) is 76.7 Å². The van der Waals surface area contributed by atoms with Crippen LogP contribution in [0.15, 0.2) is 41.4 Å². The number of aryl methyl sites for hydroxylation is 1. The molecule has 4 heterocycles. The number of sulfone groups is 1. The van der Waals surface area contributed by atoms with Gasteiger partial charge in [-0.1, -0.05) is 0 Å². The van der Waals surface area contributed by atoms with E-state index >= 15 is 0 Å². The lowest BCUT2D eigenvalue weighted by atomic mass is 9.90. The van der Waals surface area contributed by atoms with E-state index in [-0.39, 0.29) is 0 Å². The highest BCUT2D eigenvalue weighted by molar-refractivity contribution is 7.90. The zero-order valence-electron chi connectivity index (χ0n) is 20.7. The molecule has 2 saturated heterocycles. The smallest absolute Gasteiger partial charge is 0.175 e. The van der Waals surface area contributed by atoms with Crippen molar-refractivity contribution in [3.63, 3.8) is 0 Å². The van der Waals surface area contributed by atoms with Crippen molar-refractivity contribution in [2.75, 3.05) is 32.4 Å². The van der Waals surface area contributed by atoms with Gasteiger partial charge in [0, 0.05) is 42.6 Å². The monoisotopic (exact) mass is 493 g/mol. The standard InChI is InChI=1S/C27H35N5O2S/c1-30-26-17-24(19-9-13-31(14-10-19)22-11-15-32(16-12-22)21-5-6-21)28-18-25(26)29-27(30)20-3-7-23(8-4-20)35(2,33)34/h3-4,7-8,17-19,21-22H,5-6,9-16H2,1-2H3. The fourth-order valence-corrected chi connectivity index (χ4v) is 6.69. The summed E-state index contributed by atoms with van der Waals surface area (Å²) in [4.78, 5) is 15.4. The van der Waals surface area contributed by atoms with Crippen LogP contribution in [-0.2, 0) is 16.9 Å². The molecule has 3 aromatic rings. The number of rotatable bonds is 5.